The minimum atomic E-state index is -1.58. The number of rotatable bonds is 11. The van der Waals surface area contributed by atoms with Gasteiger partial charge in [-0.1, -0.05) is 60.7 Å². The van der Waals surface area contributed by atoms with Crippen LogP contribution in [0, 0.1) is 5.41 Å². The standard InChI is InChI=1S/C30H42N4O3/c1-12-13-27(23(7)32-19(2)3)30(36,28-18-31-33-34(28)10)25-15-14-20(4)29(9,17-25)22(6)26(16-21(5)35)24(8)37-11/h12-15,18-19,36H,1,8,16-17H2,2-7,9-11H3/b26-22-,27-13+,32-23-. The van der Waals surface area contributed by atoms with Gasteiger partial charge < -0.3 is 9.84 Å². The van der Waals surface area contributed by atoms with E-state index in [1.165, 1.54) is 0 Å². The van der Waals surface area contributed by atoms with Crippen LogP contribution < -0.4 is 0 Å². The number of allylic oxidation sites excluding steroid dienone is 7. The topological polar surface area (TPSA) is 89.6 Å². The summed E-state index contributed by atoms with van der Waals surface area (Å²) in [7, 11) is 3.32. The average molecular weight is 507 g/mol. The van der Waals surface area contributed by atoms with Crippen LogP contribution >= 0.6 is 0 Å². The monoisotopic (exact) mass is 506 g/mol. The molecule has 0 fully saturated rings. The number of aliphatic imine (C=N–C) groups is 1. The maximum Gasteiger partial charge on any atom is 0.156 e. The number of Topliss-reactive ketones (excluding diaryl/α,β-unsaturated/α-hetero) is 1. The number of methoxy groups -OCH3 is 1. The molecule has 200 valence electrons. The highest BCUT2D eigenvalue weighted by molar-refractivity contribution is 6.01. The zero-order valence-corrected chi connectivity index (χ0v) is 23.8. The SMILES string of the molecule is C=C/C=C(\C(C)=N/C(C)C)C(O)(C1=CC=C(C)C(C)(/C(C)=C(/CC(C)=O)C(=C)OC)C1)c1cnnn1C. The highest BCUT2D eigenvalue weighted by Crippen LogP contribution is 2.51. The summed E-state index contributed by atoms with van der Waals surface area (Å²) in [5.74, 6) is 0.495. The lowest BCUT2D eigenvalue weighted by molar-refractivity contribution is -0.116. The third-order valence-corrected chi connectivity index (χ3v) is 7.30. The Kier molecular flexibility index (Phi) is 9.55. The van der Waals surface area contributed by atoms with Gasteiger partial charge in [0, 0.05) is 41.8 Å². The average Bonchev–Trinajstić information content (AvgIpc) is 3.27. The van der Waals surface area contributed by atoms with Gasteiger partial charge >= 0.3 is 0 Å². The number of ketones is 1. The number of hydrogen-bond donors (Lipinski definition) is 1. The Balaban J connectivity index is 2.85. The molecule has 0 aliphatic heterocycles. The Morgan fingerprint density at radius 2 is 2.00 bits per heavy atom. The second-order valence-electron chi connectivity index (χ2n) is 10.2. The fraction of sp³-hybridized carbons (Fsp3) is 0.467. The van der Waals surface area contributed by atoms with Crippen LogP contribution in [0.2, 0.25) is 0 Å². The molecule has 7 nitrogen and oxygen atoms in total. The minimum absolute atomic E-state index is 0.0264. The van der Waals surface area contributed by atoms with Crippen LogP contribution in [0.15, 0.2) is 82.3 Å². The molecular formula is C30H42N4O3. The summed E-state index contributed by atoms with van der Waals surface area (Å²) in [6.45, 7) is 21.6. The van der Waals surface area contributed by atoms with E-state index in [1.807, 2.05) is 39.8 Å². The van der Waals surface area contributed by atoms with Gasteiger partial charge in [-0.25, -0.2) is 4.68 Å². The molecule has 2 rings (SSSR count). The van der Waals surface area contributed by atoms with Crippen LogP contribution in [0.4, 0.5) is 0 Å². The summed E-state index contributed by atoms with van der Waals surface area (Å²) in [5.41, 5.74) is 3.34. The first-order valence-corrected chi connectivity index (χ1v) is 12.5. The molecule has 0 saturated carbocycles. The second kappa shape index (κ2) is 11.8. The van der Waals surface area contributed by atoms with Crippen LogP contribution in [0.5, 0.6) is 0 Å². The van der Waals surface area contributed by atoms with E-state index in [0.717, 1.165) is 22.3 Å². The molecule has 0 aromatic carbocycles. The lowest BCUT2D eigenvalue weighted by Gasteiger charge is -2.42. The van der Waals surface area contributed by atoms with Crippen LogP contribution in [0.3, 0.4) is 0 Å². The number of aryl methyl sites for hydroxylation is 1. The molecular weight excluding hydrogens is 464 g/mol. The number of carbonyl (C=O) groups excluding carboxylic acids is 1. The first kappa shape index (κ1) is 29.9. The van der Waals surface area contributed by atoms with E-state index < -0.39 is 11.0 Å². The third-order valence-electron chi connectivity index (χ3n) is 7.30. The van der Waals surface area contributed by atoms with Crippen LogP contribution in [0.1, 0.15) is 67.0 Å². The zero-order chi connectivity index (χ0) is 28.1. The molecule has 0 bridgehead atoms. The molecule has 0 saturated heterocycles. The van der Waals surface area contributed by atoms with Gasteiger partial charge in [-0.15, -0.1) is 5.10 Å². The maximum absolute atomic E-state index is 12.7. The van der Waals surface area contributed by atoms with Crippen molar-refractivity contribution in [3.8, 4) is 0 Å². The molecule has 1 N–H and O–H groups in total. The quantitative estimate of drug-likeness (QED) is 0.235. The zero-order valence-electron chi connectivity index (χ0n) is 23.8. The van der Waals surface area contributed by atoms with Gasteiger partial charge in [-0.2, -0.15) is 0 Å². The normalized spacial score (nSPS) is 21.1. The number of aromatic nitrogens is 3. The molecule has 1 aromatic heterocycles. The third kappa shape index (κ3) is 5.99. The van der Waals surface area contributed by atoms with Crippen LogP contribution in [0.25, 0.3) is 0 Å². The van der Waals surface area contributed by atoms with Crippen molar-refractivity contribution in [2.75, 3.05) is 7.11 Å². The van der Waals surface area contributed by atoms with Gasteiger partial charge in [0.1, 0.15) is 11.5 Å². The first-order chi connectivity index (χ1) is 17.2. The Morgan fingerprint density at radius 3 is 2.49 bits per heavy atom. The van der Waals surface area contributed by atoms with Gasteiger partial charge in [0.25, 0.3) is 0 Å². The van der Waals surface area contributed by atoms with Crippen molar-refractivity contribution in [3.05, 3.63) is 83.0 Å². The summed E-state index contributed by atoms with van der Waals surface area (Å²) in [4.78, 5) is 16.9. The molecule has 37 heavy (non-hydrogen) atoms. The fourth-order valence-corrected chi connectivity index (χ4v) is 4.98. The van der Waals surface area contributed by atoms with E-state index >= 15 is 0 Å². The molecule has 1 aromatic rings. The van der Waals surface area contributed by atoms with E-state index in [-0.39, 0.29) is 18.2 Å². The predicted molar refractivity (Wildman–Crippen MR) is 150 cm³/mol. The Bertz CT molecular complexity index is 1230. The predicted octanol–water partition coefficient (Wildman–Crippen LogP) is 5.72. The van der Waals surface area contributed by atoms with Crippen molar-refractivity contribution in [2.45, 2.75) is 73.0 Å². The molecule has 1 aliphatic rings. The van der Waals surface area contributed by atoms with E-state index in [9.17, 15) is 9.90 Å². The number of carbonyl (C=O) groups is 1. The van der Waals surface area contributed by atoms with Crippen LogP contribution in [-0.2, 0) is 22.2 Å². The van der Waals surface area contributed by atoms with Gasteiger partial charge in [-0.3, -0.25) is 9.79 Å². The highest BCUT2D eigenvalue weighted by atomic mass is 16.5. The Hall–Kier alpha value is -3.32. The van der Waals surface area contributed by atoms with Crippen LogP contribution in [-0.4, -0.2) is 44.7 Å². The summed E-state index contributed by atoms with van der Waals surface area (Å²) in [5, 5.41) is 20.9. The lowest BCUT2D eigenvalue weighted by Crippen LogP contribution is -2.39. The van der Waals surface area contributed by atoms with Crippen molar-refractivity contribution in [3.63, 3.8) is 0 Å². The van der Waals surface area contributed by atoms with E-state index in [1.54, 1.807) is 44.1 Å². The fourth-order valence-electron chi connectivity index (χ4n) is 4.98. The minimum Gasteiger partial charge on any atom is -0.497 e. The number of ether oxygens (including phenoxy) is 1. The van der Waals surface area contributed by atoms with E-state index in [4.69, 9.17) is 9.73 Å². The van der Waals surface area contributed by atoms with Gasteiger partial charge in [0.2, 0.25) is 0 Å². The maximum atomic E-state index is 12.7. The molecule has 1 aliphatic carbocycles. The molecule has 7 heteroatoms. The Morgan fingerprint density at radius 1 is 1.35 bits per heavy atom. The van der Waals surface area contributed by atoms with E-state index in [0.29, 0.717) is 29.2 Å². The smallest absolute Gasteiger partial charge is 0.156 e. The Labute approximate surface area is 221 Å². The van der Waals surface area contributed by atoms with Gasteiger partial charge in [0.15, 0.2) is 5.60 Å². The molecule has 0 spiro atoms. The van der Waals surface area contributed by atoms with Gasteiger partial charge in [0.05, 0.1) is 19.0 Å². The van der Waals surface area contributed by atoms with Crippen molar-refractivity contribution in [1.82, 2.24) is 15.0 Å². The van der Waals surface area contributed by atoms with Crippen molar-refractivity contribution >= 4 is 11.5 Å². The molecule has 1 heterocycles. The molecule has 2 unspecified atom stereocenters. The number of nitrogens with zero attached hydrogens (tertiary/aromatic N) is 4. The van der Waals surface area contributed by atoms with Crippen molar-refractivity contribution in [1.29, 1.82) is 0 Å². The van der Waals surface area contributed by atoms with E-state index in [2.05, 4.69) is 37.3 Å². The summed E-state index contributed by atoms with van der Waals surface area (Å²) >= 11 is 0. The molecule has 0 amide bonds. The number of aliphatic hydroxyl groups is 1. The van der Waals surface area contributed by atoms with Crippen molar-refractivity contribution < 1.29 is 14.6 Å². The summed E-state index contributed by atoms with van der Waals surface area (Å²) < 4.78 is 7.05. The second-order valence-corrected chi connectivity index (χ2v) is 10.2. The molecule has 2 atom stereocenters. The molecule has 0 radical (unpaired) electrons. The van der Waals surface area contributed by atoms with Crippen molar-refractivity contribution in [2.24, 2.45) is 17.5 Å². The first-order valence-electron chi connectivity index (χ1n) is 12.5. The number of hydrogen-bond acceptors (Lipinski definition) is 6. The van der Waals surface area contributed by atoms with Gasteiger partial charge in [-0.05, 0) is 53.5 Å². The summed E-state index contributed by atoms with van der Waals surface area (Å²) in [6.07, 6.45) is 9.73. The lowest BCUT2D eigenvalue weighted by atomic mass is 9.64. The summed E-state index contributed by atoms with van der Waals surface area (Å²) in [6, 6.07) is 0.0363. The largest absolute Gasteiger partial charge is 0.497 e. The highest BCUT2D eigenvalue weighted by Gasteiger charge is 2.46.